The van der Waals surface area contributed by atoms with Crippen LogP contribution in [-0.2, 0) is 5.41 Å². The van der Waals surface area contributed by atoms with Crippen LogP contribution < -0.4 is 4.90 Å². The molecule has 9 aromatic rings. The highest BCUT2D eigenvalue weighted by Gasteiger charge is 2.55. The fourth-order valence-corrected chi connectivity index (χ4v) is 9.28. The van der Waals surface area contributed by atoms with E-state index in [1.165, 1.54) is 50.1 Å². The molecule has 2 aliphatic carbocycles. The zero-order chi connectivity index (χ0) is 36.3. The van der Waals surface area contributed by atoms with E-state index in [1.807, 2.05) is 0 Å². The zero-order valence-corrected chi connectivity index (χ0v) is 30.1. The van der Waals surface area contributed by atoms with Gasteiger partial charge in [-0.05, 0) is 80.9 Å². The molecule has 0 amide bonds. The third-order valence-electron chi connectivity index (χ3n) is 11.5. The maximum atomic E-state index is 7.45. The Bertz CT molecular complexity index is 2810. The minimum Gasteiger partial charge on any atom is -0.455 e. The monoisotopic (exact) mass is 701 g/mol. The molecule has 0 aliphatic heterocycles. The third kappa shape index (κ3) is 4.62. The van der Waals surface area contributed by atoms with E-state index >= 15 is 0 Å². The van der Waals surface area contributed by atoms with E-state index in [0.717, 1.165) is 45.3 Å². The molecule has 0 bridgehead atoms. The molecular weight excluding hydrogens is 667 g/mol. The SMILES string of the molecule is c1ccc(-c2ccc(N(c3ccccc3)c3ccccc3-c3oc(-c4ccccc4)c4c3-c3ccccc3C43c4ccccc4-c4ccccc43)cc2)cc1. The van der Waals surface area contributed by atoms with Crippen LogP contribution in [0.15, 0.2) is 217 Å². The number of hydrogen-bond donors (Lipinski definition) is 0. The normalized spacial score (nSPS) is 12.9. The Balaban J connectivity index is 1.20. The van der Waals surface area contributed by atoms with Gasteiger partial charge < -0.3 is 9.32 Å². The maximum Gasteiger partial charge on any atom is 0.145 e. The molecule has 258 valence electrons. The van der Waals surface area contributed by atoms with Gasteiger partial charge in [0, 0.05) is 33.6 Å². The van der Waals surface area contributed by atoms with Gasteiger partial charge in [-0.15, -0.1) is 0 Å². The highest BCUT2D eigenvalue weighted by atomic mass is 16.3. The van der Waals surface area contributed by atoms with Gasteiger partial charge in [-0.1, -0.05) is 176 Å². The predicted molar refractivity (Wildman–Crippen MR) is 226 cm³/mol. The number of nitrogens with zero attached hydrogens (tertiary/aromatic N) is 1. The molecule has 2 nitrogen and oxygen atoms in total. The summed E-state index contributed by atoms with van der Waals surface area (Å²) in [6.45, 7) is 0. The zero-order valence-electron chi connectivity index (χ0n) is 30.1. The van der Waals surface area contributed by atoms with Crippen molar-refractivity contribution in [2.75, 3.05) is 4.90 Å². The van der Waals surface area contributed by atoms with Crippen molar-refractivity contribution in [2.45, 2.75) is 5.41 Å². The van der Waals surface area contributed by atoms with E-state index in [-0.39, 0.29) is 0 Å². The molecule has 0 unspecified atom stereocenters. The molecule has 0 saturated heterocycles. The van der Waals surface area contributed by atoms with Crippen molar-refractivity contribution in [1.29, 1.82) is 0 Å². The molecule has 0 atom stereocenters. The van der Waals surface area contributed by atoms with E-state index in [2.05, 4.69) is 217 Å². The second kappa shape index (κ2) is 12.5. The summed E-state index contributed by atoms with van der Waals surface area (Å²) in [6.07, 6.45) is 0. The molecule has 8 aromatic carbocycles. The van der Waals surface area contributed by atoms with E-state index in [1.54, 1.807) is 0 Å². The molecule has 0 fully saturated rings. The van der Waals surface area contributed by atoms with E-state index in [9.17, 15) is 0 Å². The van der Waals surface area contributed by atoms with Gasteiger partial charge in [-0.2, -0.15) is 0 Å². The van der Waals surface area contributed by atoms with Gasteiger partial charge in [0.2, 0.25) is 0 Å². The molecule has 55 heavy (non-hydrogen) atoms. The average molecular weight is 702 g/mol. The van der Waals surface area contributed by atoms with Gasteiger partial charge in [-0.25, -0.2) is 0 Å². The largest absolute Gasteiger partial charge is 0.455 e. The topological polar surface area (TPSA) is 16.4 Å². The van der Waals surface area contributed by atoms with Crippen LogP contribution in [0, 0.1) is 0 Å². The number of para-hydroxylation sites is 2. The fourth-order valence-electron chi connectivity index (χ4n) is 9.28. The number of furan rings is 1. The molecule has 2 aliphatic rings. The molecule has 1 heterocycles. The van der Waals surface area contributed by atoms with Crippen molar-refractivity contribution in [3.63, 3.8) is 0 Å². The molecule has 1 spiro atoms. The molecule has 2 heteroatoms. The Morgan fingerprint density at radius 1 is 0.327 bits per heavy atom. The number of benzene rings is 8. The van der Waals surface area contributed by atoms with Crippen LogP contribution in [0.3, 0.4) is 0 Å². The maximum absolute atomic E-state index is 7.45. The lowest BCUT2D eigenvalue weighted by Crippen LogP contribution is -2.26. The molecule has 1 aromatic heterocycles. The lowest BCUT2D eigenvalue weighted by Gasteiger charge is -2.30. The van der Waals surface area contributed by atoms with E-state index in [0.29, 0.717) is 0 Å². The van der Waals surface area contributed by atoms with Crippen LogP contribution in [0.1, 0.15) is 22.3 Å². The fraction of sp³-hybridized carbons (Fsp3) is 0.0189. The summed E-state index contributed by atoms with van der Waals surface area (Å²) in [5, 5.41) is 0. The van der Waals surface area contributed by atoms with Crippen molar-refractivity contribution < 1.29 is 4.42 Å². The van der Waals surface area contributed by atoms with Gasteiger partial charge >= 0.3 is 0 Å². The quantitative estimate of drug-likeness (QED) is 0.172. The number of rotatable bonds is 6. The average Bonchev–Trinajstić information content (AvgIpc) is 3.90. The van der Waals surface area contributed by atoms with Crippen LogP contribution in [0.25, 0.3) is 56.0 Å². The molecular formula is C53H35NO. The van der Waals surface area contributed by atoms with Crippen LogP contribution in [0.4, 0.5) is 17.1 Å². The summed E-state index contributed by atoms with van der Waals surface area (Å²) in [5.74, 6) is 1.78. The second-order valence-electron chi connectivity index (χ2n) is 14.4. The van der Waals surface area contributed by atoms with Crippen LogP contribution in [-0.4, -0.2) is 0 Å². The van der Waals surface area contributed by atoms with Gasteiger partial charge in [0.25, 0.3) is 0 Å². The summed E-state index contributed by atoms with van der Waals surface area (Å²) in [5.41, 5.74) is 17.1. The Hall–Kier alpha value is -7.16. The Kier molecular flexibility index (Phi) is 7.11. The van der Waals surface area contributed by atoms with Gasteiger partial charge in [0.05, 0.1) is 11.1 Å². The summed E-state index contributed by atoms with van der Waals surface area (Å²) >= 11 is 0. The summed E-state index contributed by atoms with van der Waals surface area (Å²) in [4.78, 5) is 2.36. The first-order valence-corrected chi connectivity index (χ1v) is 18.9. The Labute approximate surface area is 321 Å². The first-order chi connectivity index (χ1) is 27.3. The van der Waals surface area contributed by atoms with Crippen molar-refractivity contribution in [3.8, 4) is 56.0 Å². The number of anilines is 3. The highest BCUT2D eigenvalue weighted by Crippen LogP contribution is 2.67. The second-order valence-corrected chi connectivity index (χ2v) is 14.4. The van der Waals surface area contributed by atoms with Gasteiger partial charge in [-0.3, -0.25) is 0 Å². The first kappa shape index (κ1) is 31.4. The lowest BCUT2D eigenvalue weighted by atomic mass is 9.70. The molecule has 0 saturated carbocycles. The summed E-state index contributed by atoms with van der Waals surface area (Å²) in [7, 11) is 0. The van der Waals surface area contributed by atoms with Crippen LogP contribution >= 0.6 is 0 Å². The predicted octanol–water partition coefficient (Wildman–Crippen LogP) is 14.1. The third-order valence-corrected chi connectivity index (χ3v) is 11.5. The first-order valence-electron chi connectivity index (χ1n) is 18.9. The minimum absolute atomic E-state index is 0.548. The van der Waals surface area contributed by atoms with Gasteiger partial charge in [0.1, 0.15) is 11.5 Å². The van der Waals surface area contributed by atoms with Crippen molar-refractivity contribution in [3.05, 3.63) is 235 Å². The molecule has 11 rings (SSSR count). The number of fused-ring (bicyclic) bond motifs is 10. The minimum atomic E-state index is -0.548. The Morgan fingerprint density at radius 3 is 1.38 bits per heavy atom. The summed E-state index contributed by atoms with van der Waals surface area (Å²) in [6, 6.07) is 76.4. The van der Waals surface area contributed by atoms with Crippen molar-refractivity contribution >= 4 is 17.1 Å². The molecule has 0 N–H and O–H groups in total. The van der Waals surface area contributed by atoms with Crippen molar-refractivity contribution in [1.82, 2.24) is 0 Å². The number of hydrogen-bond acceptors (Lipinski definition) is 2. The lowest BCUT2D eigenvalue weighted by molar-refractivity contribution is 0.588. The van der Waals surface area contributed by atoms with Crippen LogP contribution in [0.5, 0.6) is 0 Å². The van der Waals surface area contributed by atoms with Crippen molar-refractivity contribution in [2.24, 2.45) is 0 Å². The van der Waals surface area contributed by atoms with Crippen LogP contribution in [0.2, 0.25) is 0 Å². The standard InChI is InChI=1S/C53H35NO/c1-4-18-36(19-5-1)37-32-34-40(35-33-37)54(39-22-8-3-9-23-39)48-31-17-13-27-44(48)52-49-43-26-12-16-30-47(43)53(50(49)51(55-52)38-20-6-2-7-21-38)45-28-14-10-24-41(45)42-25-11-15-29-46(42)53/h1-35H. The molecule has 0 radical (unpaired) electrons. The summed E-state index contributed by atoms with van der Waals surface area (Å²) < 4.78 is 7.45. The highest BCUT2D eigenvalue weighted by molar-refractivity contribution is 6.04. The van der Waals surface area contributed by atoms with E-state index < -0.39 is 5.41 Å². The Morgan fingerprint density at radius 2 is 0.764 bits per heavy atom. The van der Waals surface area contributed by atoms with E-state index in [4.69, 9.17) is 4.42 Å². The van der Waals surface area contributed by atoms with Gasteiger partial charge in [0.15, 0.2) is 0 Å². The smallest absolute Gasteiger partial charge is 0.145 e.